The molecular weight excluding hydrogens is 282 g/mol. The van der Waals surface area contributed by atoms with Crippen LogP contribution in [0, 0.1) is 17.8 Å². The summed E-state index contributed by atoms with van der Waals surface area (Å²) in [6, 6.07) is 0. The van der Waals surface area contributed by atoms with Crippen LogP contribution in [-0.4, -0.2) is 38.1 Å². The van der Waals surface area contributed by atoms with Gasteiger partial charge >= 0.3 is 5.97 Å². The van der Waals surface area contributed by atoms with Crippen LogP contribution in [0.5, 0.6) is 0 Å². The molecule has 1 aliphatic heterocycles. The van der Waals surface area contributed by atoms with Crippen LogP contribution in [0.4, 0.5) is 0 Å². The van der Waals surface area contributed by atoms with Crippen LogP contribution in [0.15, 0.2) is 0 Å². The van der Waals surface area contributed by atoms with E-state index in [9.17, 15) is 4.79 Å². The molecule has 0 amide bonds. The number of nitrogens with two attached hydrogens (primary N) is 1. The quantitative estimate of drug-likeness (QED) is 0.523. The van der Waals surface area contributed by atoms with Crippen LogP contribution in [0.25, 0.3) is 0 Å². The summed E-state index contributed by atoms with van der Waals surface area (Å²) in [5.74, 6) is 0.891. The molecular formula is C17H33NO4. The fourth-order valence-corrected chi connectivity index (χ4v) is 2.87. The van der Waals surface area contributed by atoms with E-state index >= 15 is 0 Å². The summed E-state index contributed by atoms with van der Waals surface area (Å²) >= 11 is 0. The number of unbranched alkanes of at least 4 members (excludes halogenated alkanes) is 3. The van der Waals surface area contributed by atoms with Gasteiger partial charge < -0.3 is 19.9 Å². The standard InChI is InChI=1S/C17H33NO4/c1-12-13(2)16(11-21-15(4)19)22-17(14(12)3)20-10-8-6-5-7-9-18/h12-14,16-17H,5-11,18H2,1-4H3/t12?,13-,14+,16?,17-/m1/s1. The number of hydrogen-bond donors (Lipinski definition) is 1. The summed E-state index contributed by atoms with van der Waals surface area (Å²) < 4.78 is 17.1. The van der Waals surface area contributed by atoms with Gasteiger partial charge in [0.15, 0.2) is 6.29 Å². The van der Waals surface area contributed by atoms with Crippen LogP contribution < -0.4 is 5.73 Å². The van der Waals surface area contributed by atoms with Crippen molar-refractivity contribution in [2.75, 3.05) is 19.8 Å². The lowest BCUT2D eigenvalue weighted by Crippen LogP contribution is -2.47. The summed E-state index contributed by atoms with van der Waals surface area (Å²) in [7, 11) is 0. The molecule has 0 spiro atoms. The van der Waals surface area contributed by atoms with Gasteiger partial charge in [-0.25, -0.2) is 0 Å². The van der Waals surface area contributed by atoms with Crippen molar-refractivity contribution in [3.05, 3.63) is 0 Å². The molecule has 2 unspecified atom stereocenters. The van der Waals surface area contributed by atoms with Crippen LogP contribution in [0.3, 0.4) is 0 Å². The number of hydrogen-bond acceptors (Lipinski definition) is 5. The van der Waals surface area contributed by atoms with Crippen molar-refractivity contribution in [1.29, 1.82) is 0 Å². The zero-order valence-electron chi connectivity index (χ0n) is 14.5. The van der Waals surface area contributed by atoms with Gasteiger partial charge in [-0.15, -0.1) is 0 Å². The minimum Gasteiger partial charge on any atom is -0.463 e. The molecule has 5 nitrogen and oxygen atoms in total. The molecule has 130 valence electrons. The maximum absolute atomic E-state index is 11.0. The lowest BCUT2D eigenvalue weighted by atomic mass is 9.79. The topological polar surface area (TPSA) is 70.8 Å². The maximum atomic E-state index is 11.0. The molecule has 1 rings (SSSR count). The van der Waals surface area contributed by atoms with E-state index in [1.807, 2.05) is 0 Å². The van der Waals surface area contributed by atoms with Crippen molar-refractivity contribution in [3.63, 3.8) is 0 Å². The summed E-state index contributed by atoms with van der Waals surface area (Å²) in [6.45, 7) is 9.74. The molecule has 1 fully saturated rings. The Morgan fingerprint density at radius 2 is 1.73 bits per heavy atom. The van der Waals surface area contributed by atoms with Crippen molar-refractivity contribution in [2.24, 2.45) is 23.5 Å². The SMILES string of the molecule is CC(=O)OCC1O[C@@H](OCCCCCCN)[C@@H](C)C(C)[C@H]1C. The third-order valence-corrected chi connectivity index (χ3v) is 4.81. The van der Waals surface area contributed by atoms with Gasteiger partial charge in [0.25, 0.3) is 0 Å². The van der Waals surface area contributed by atoms with Gasteiger partial charge in [0, 0.05) is 19.4 Å². The Labute approximate surface area is 134 Å². The second-order valence-corrected chi connectivity index (χ2v) is 6.50. The lowest BCUT2D eigenvalue weighted by molar-refractivity contribution is -0.255. The average molecular weight is 315 g/mol. The molecule has 2 N–H and O–H groups in total. The second kappa shape index (κ2) is 10.2. The first-order valence-electron chi connectivity index (χ1n) is 8.57. The molecule has 0 aromatic rings. The van der Waals surface area contributed by atoms with Crippen molar-refractivity contribution in [3.8, 4) is 0 Å². The molecule has 5 atom stereocenters. The molecule has 22 heavy (non-hydrogen) atoms. The van der Waals surface area contributed by atoms with Gasteiger partial charge in [0.2, 0.25) is 0 Å². The molecule has 0 radical (unpaired) electrons. The third-order valence-electron chi connectivity index (χ3n) is 4.81. The Bertz CT molecular complexity index is 324. The molecule has 0 aliphatic carbocycles. The highest BCUT2D eigenvalue weighted by molar-refractivity contribution is 5.65. The number of carbonyl (C=O) groups excluding carboxylic acids is 1. The van der Waals surface area contributed by atoms with Crippen LogP contribution in [0.2, 0.25) is 0 Å². The predicted octanol–water partition coefficient (Wildman–Crippen LogP) is 2.72. The van der Waals surface area contributed by atoms with E-state index in [0.29, 0.717) is 31.0 Å². The molecule has 1 saturated heterocycles. The smallest absolute Gasteiger partial charge is 0.302 e. The zero-order valence-corrected chi connectivity index (χ0v) is 14.5. The summed E-state index contributed by atoms with van der Waals surface area (Å²) in [4.78, 5) is 11.0. The summed E-state index contributed by atoms with van der Waals surface area (Å²) in [5, 5.41) is 0. The Balaban J connectivity index is 2.38. The Kier molecular flexibility index (Phi) is 8.98. The van der Waals surface area contributed by atoms with Crippen LogP contribution in [-0.2, 0) is 19.0 Å². The highest BCUT2D eigenvalue weighted by Crippen LogP contribution is 2.35. The van der Waals surface area contributed by atoms with Gasteiger partial charge in [-0.2, -0.15) is 0 Å². The van der Waals surface area contributed by atoms with Gasteiger partial charge in [0.1, 0.15) is 6.61 Å². The van der Waals surface area contributed by atoms with Crippen LogP contribution >= 0.6 is 0 Å². The van der Waals surface area contributed by atoms with Gasteiger partial charge in [-0.3, -0.25) is 4.79 Å². The molecule has 0 saturated carbocycles. The van der Waals surface area contributed by atoms with E-state index in [1.165, 1.54) is 6.92 Å². The van der Waals surface area contributed by atoms with Gasteiger partial charge in [0.05, 0.1) is 6.10 Å². The Morgan fingerprint density at radius 1 is 1.05 bits per heavy atom. The minimum atomic E-state index is -0.264. The van der Waals surface area contributed by atoms with E-state index in [-0.39, 0.29) is 18.4 Å². The van der Waals surface area contributed by atoms with Crippen molar-refractivity contribution in [1.82, 2.24) is 0 Å². The van der Waals surface area contributed by atoms with Crippen LogP contribution in [0.1, 0.15) is 53.4 Å². The highest BCUT2D eigenvalue weighted by Gasteiger charge is 2.39. The molecule has 0 aromatic heterocycles. The lowest BCUT2D eigenvalue weighted by Gasteiger charge is -2.43. The first kappa shape index (κ1) is 19.4. The monoisotopic (exact) mass is 315 g/mol. The van der Waals surface area contributed by atoms with E-state index in [0.717, 1.165) is 32.2 Å². The summed E-state index contributed by atoms with van der Waals surface area (Å²) in [6.07, 6.45) is 4.11. The first-order valence-corrected chi connectivity index (χ1v) is 8.57. The fourth-order valence-electron chi connectivity index (χ4n) is 2.87. The molecule has 5 heteroatoms. The second-order valence-electron chi connectivity index (χ2n) is 6.50. The maximum Gasteiger partial charge on any atom is 0.302 e. The van der Waals surface area contributed by atoms with Gasteiger partial charge in [-0.05, 0) is 31.2 Å². The van der Waals surface area contributed by atoms with E-state index in [4.69, 9.17) is 19.9 Å². The Hall–Kier alpha value is -0.650. The number of carbonyl (C=O) groups is 1. The van der Waals surface area contributed by atoms with Crippen molar-refractivity contribution >= 4 is 5.97 Å². The van der Waals surface area contributed by atoms with E-state index < -0.39 is 0 Å². The first-order chi connectivity index (χ1) is 10.5. The molecule has 1 heterocycles. The third kappa shape index (κ3) is 6.23. The van der Waals surface area contributed by atoms with Crippen molar-refractivity contribution in [2.45, 2.75) is 65.8 Å². The minimum absolute atomic E-state index is 0.0858. The molecule has 1 aliphatic rings. The molecule has 0 aromatic carbocycles. The normalized spacial score (nSPS) is 32.0. The number of rotatable bonds is 9. The van der Waals surface area contributed by atoms with Crippen molar-refractivity contribution < 1.29 is 19.0 Å². The zero-order chi connectivity index (χ0) is 16.5. The molecule has 0 bridgehead atoms. The number of ether oxygens (including phenoxy) is 3. The Morgan fingerprint density at radius 3 is 2.36 bits per heavy atom. The predicted molar refractivity (Wildman–Crippen MR) is 86.3 cm³/mol. The fraction of sp³-hybridized carbons (Fsp3) is 0.941. The summed E-state index contributed by atoms with van der Waals surface area (Å²) in [5.41, 5.74) is 5.48. The average Bonchev–Trinajstić information content (AvgIpc) is 2.49. The van der Waals surface area contributed by atoms with Gasteiger partial charge in [-0.1, -0.05) is 33.6 Å². The largest absolute Gasteiger partial charge is 0.463 e. The highest BCUT2D eigenvalue weighted by atomic mass is 16.7. The van der Waals surface area contributed by atoms with E-state index in [2.05, 4.69) is 20.8 Å². The number of esters is 1. The van der Waals surface area contributed by atoms with E-state index in [1.54, 1.807) is 0 Å².